The molecule has 1 atom stereocenters. The molecule has 0 radical (unpaired) electrons. The molecule has 1 aliphatic heterocycles. The second-order valence-electron chi connectivity index (χ2n) is 6.16. The molecule has 1 saturated heterocycles. The first-order chi connectivity index (χ1) is 10.7. The quantitative estimate of drug-likeness (QED) is 0.767. The number of aliphatic hydroxyl groups is 1. The molecule has 0 amide bonds. The molecule has 1 fully saturated rings. The van der Waals surface area contributed by atoms with Crippen molar-refractivity contribution in [3.63, 3.8) is 0 Å². The number of hydrogen-bond acceptors (Lipinski definition) is 4. The van der Waals surface area contributed by atoms with Gasteiger partial charge in [0.2, 0.25) is 0 Å². The van der Waals surface area contributed by atoms with E-state index >= 15 is 0 Å². The zero-order valence-corrected chi connectivity index (χ0v) is 12.7. The van der Waals surface area contributed by atoms with Gasteiger partial charge in [0.1, 0.15) is 5.75 Å². The van der Waals surface area contributed by atoms with Crippen molar-refractivity contribution < 1.29 is 14.9 Å². The summed E-state index contributed by atoms with van der Waals surface area (Å²) in [6.45, 7) is 3.05. The van der Waals surface area contributed by atoms with E-state index in [9.17, 15) is 10.2 Å². The topological polar surface area (TPSA) is 61.7 Å². The first-order valence-electron chi connectivity index (χ1n) is 7.83. The molecule has 3 N–H and O–H groups in total. The Balaban J connectivity index is 1.72. The van der Waals surface area contributed by atoms with E-state index < -0.39 is 0 Å². The van der Waals surface area contributed by atoms with E-state index in [0.29, 0.717) is 18.9 Å². The minimum atomic E-state index is 0.0228. The molecule has 118 valence electrons. The lowest BCUT2D eigenvalue weighted by Crippen LogP contribution is -2.35. The molecule has 4 nitrogen and oxygen atoms in total. The Kier molecular flexibility index (Phi) is 4.62. The lowest BCUT2D eigenvalue weighted by molar-refractivity contribution is 0.124. The summed E-state index contributed by atoms with van der Waals surface area (Å²) in [6.07, 6.45) is 1.73. The van der Waals surface area contributed by atoms with Gasteiger partial charge in [-0.1, -0.05) is 30.3 Å². The van der Waals surface area contributed by atoms with Gasteiger partial charge in [-0.25, -0.2) is 0 Å². The van der Waals surface area contributed by atoms with E-state index in [1.165, 1.54) is 0 Å². The van der Waals surface area contributed by atoms with Crippen LogP contribution in [0, 0.1) is 5.41 Å². The average Bonchev–Trinajstić information content (AvgIpc) is 2.99. The Hall–Kier alpha value is -1.62. The summed E-state index contributed by atoms with van der Waals surface area (Å²) >= 11 is 0. The number of rotatable bonds is 6. The number of ether oxygens (including phenoxy) is 1. The highest BCUT2D eigenvalue weighted by atomic mass is 16.5. The maximum absolute atomic E-state index is 10.2. The maximum Gasteiger partial charge on any atom is 0.120 e. The van der Waals surface area contributed by atoms with Gasteiger partial charge in [0.05, 0.1) is 6.61 Å². The maximum atomic E-state index is 10.2. The standard InChI is InChI=1S/C18H23NO3/c20-9-7-18(8-10-22-13-18)12-19-11-16-15-4-2-1-3-14(15)5-6-17(16)21/h1-6,19-21H,7-13H2. The highest BCUT2D eigenvalue weighted by Gasteiger charge is 2.33. The van der Waals surface area contributed by atoms with Crippen LogP contribution in [0.2, 0.25) is 0 Å². The van der Waals surface area contributed by atoms with Crippen LogP contribution >= 0.6 is 0 Å². The lowest BCUT2D eigenvalue weighted by Gasteiger charge is -2.27. The molecular formula is C18H23NO3. The van der Waals surface area contributed by atoms with Crippen LogP contribution in [-0.4, -0.2) is 36.6 Å². The van der Waals surface area contributed by atoms with Crippen molar-refractivity contribution in [3.05, 3.63) is 42.0 Å². The third-order valence-electron chi connectivity index (χ3n) is 4.64. The molecule has 3 rings (SSSR count). The third kappa shape index (κ3) is 3.09. The zero-order chi connectivity index (χ0) is 15.4. The van der Waals surface area contributed by atoms with E-state index in [-0.39, 0.29) is 12.0 Å². The molecule has 1 aliphatic rings. The Morgan fingerprint density at radius 3 is 2.82 bits per heavy atom. The first-order valence-corrected chi connectivity index (χ1v) is 7.83. The van der Waals surface area contributed by atoms with Gasteiger partial charge in [-0.3, -0.25) is 0 Å². The SMILES string of the molecule is OCCC1(CNCc2c(O)ccc3ccccc23)CCOC1. The smallest absolute Gasteiger partial charge is 0.120 e. The van der Waals surface area contributed by atoms with Gasteiger partial charge < -0.3 is 20.3 Å². The monoisotopic (exact) mass is 301 g/mol. The number of hydrogen-bond donors (Lipinski definition) is 3. The van der Waals surface area contributed by atoms with Gasteiger partial charge in [0, 0.05) is 37.3 Å². The summed E-state index contributed by atoms with van der Waals surface area (Å²) in [5.74, 6) is 0.324. The zero-order valence-electron chi connectivity index (χ0n) is 12.7. The van der Waals surface area contributed by atoms with E-state index in [2.05, 4.69) is 11.4 Å². The molecule has 2 aromatic carbocycles. The molecule has 0 aliphatic carbocycles. The molecule has 0 bridgehead atoms. The van der Waals surface area contributed by atoms with Crippen LogP contribution in [0.15, 0.2) is 36.4 Å². The summed E-state index contributed by atoms with van der Waals surface area (Å²) in [5, 5.41) is 25.1. The van der Waals surface area contributed by atoms with Crippen molar-refractivity contribution in [2.24, 2.45) is 5.41 Å². The van der Waals surface area contributed by atoms with Crippen molar-refractivity contribution in [1.29, 1.82) is 0 Å². The van der Waals surface area contributed by atoms with Gasteiger partial charge in [0.25, 0.3) is 0 Å². The molecule has 22 heavy (non-hydrogen) atoms. The summed E-state index contributed by atoms with van der Waals surface area (Å²) < 4.78 is 5.51. The van der Waals surface area contributed by atoms with Crippen molar-refractivity contribution in [3.8, 4) is 5.75 Å². The highest BCUT2D eigenvalue weighted by Crippen LogP contribution is 2.32. The van der Waals surface area contributed by atoms with Gasteiger partial charge in [-0.05, 0) is 29.7 Å². The molecule has 0 spiro atoms. The summed E-state index contributed by atoms with van der Waals surface area (Å²) in [7, 11) is 0. The lowest BCUT2D eigenvalue weighted by atomic mass is 9.84. The fraction of sp³-hybridized carbons (Fsp3) is 0.444. The minimum Gasteiger partial charge on any atom is -0.508 e. The molecule has 2 aromatic rings. The predicted octanol–water partition coefficient (Wildman–Crippen LogP) is 2.42. The van der Waals surface area contributed by atoms with Crippen LogP contribution in [0.5, 0.6) is 5.75 Å². The minimum absolute atomic E-state index is 0.0228. The fourth-order valence-electron chi connectivity index (χ4n) is 3.27. The van der Waals surface area contributed by atoms with Crippen LogP contribution in [0.4, 0.5) is 0 Å². The molecule has 1 unspecified atom stereocenters. The Labute approximate surface area is 130 Å². The van der Waals surface area contributed by atoms with E-state index in [1.807, 2.05) is 24.3 Å². The number of nitrogens with one attached hydrogen (secondary N) is 1. The van der Waals surface area contributed by atoms with E-state index in [4.69, 9.17) is 4.74 Å². The largest absolute Gasteiger partial charge is 0.508 e. The van der Waals surface area contributed by atoms with Gasteiger partial charge >= 0.3 is 0 Å². The first kappa shape index (κ1) is 15.3. The second-order valence-corrected chi connectivity index (χ2v) is 6.16. The van der Waals surface area contributed by atoms with Crippen molar-refractivity contribution in [1.82, 2.24) is 5.32 Å². The third-order valence-corrected chi connectivity index (χ3v) is 4.64. The second kappa shape index (κ2) is 6.65. The van der Waals surface area contributed by atoms with Crippen LogP contribution in [0.3, 0.4) is 0 Å². The highest BCUT2D eigenvalue weighted by molar-refractivity contribution is 5.87. The average molecular weight is 301 g/mol. The van der Waals surface area contributed by atoms with E-state index in [1.54, 1.807) is 6.07 Å². The number of fused-ring (bicyclic) bond motifs is 1. The van der Waals surface area contributed by atoms with Crippen LogP contribution in [0.1, 0.15) is 18.4 Å². The summed E-state index contributed by atoms with van der Waals surface area (Å²) in [4.78, 5) is 0. The number of benzene rings is 2. The molecule has 1 heterocycles. The van der Waals surface area contributed by atoms with Gasteiger partial charge in [0.15, 0.2) is 0 Å². The number of phenols is 1. The molecule has 0 aromatic heterocycles. The Morgan fingerprint density at radius 2 is 2.05 bits per heavy atom. The molecule has 4 heteroatoms. The molecule has 0 saturated carbocycles. The Bertz CT molecular complexity index is 635. The normalized spacial score (nSPS) is 21.5. The van der Waals surface area contributed by atoms with Crippen molar-refractivity contribution in [2.45, 2.75) is 19.4 Å². The van der Waals surface area contributed by atoms with Gasteiger partial charge in [-0.15, -0.1) is 0 Å². The van der Waals surface area contributed by atoms with Gasteiger partial charge in [-0.2, -0.15) is 0 Å². The predicted molar refractivity (Wildman–Crippen MR) is 86.9 cm³/mol. The van der Waals surface area contributed by atoms with Crippen molar-refractivity contribution >= 4 is 10.8 Å². The van der Waals surface area contributed by atoms with E-state index in [0.717, 1.165) is 42.3 Å². The van der Waals surface area contributed by atoms with Crippen LogP contribution in [-0.2, 0) is 11.3 Å². The van der Waals surface area contributed by atoms with Crippen LogP contribution in [0.25, 0.3) is 10.8 Å². The number of aromatic hydroxyl groups is 1. The summed E-state index contributed by atoms with van der Waals surface area (Å²) in [5.41, 5.74) is 0.950. The number of phenolic OH excluding ortho intramolecular Hbond substituents is 1. The molecular weight excluding hydrogens is 278 g/mol. The number of aliphatic hydroxyl groups excluding tert-OH is 1. The van der Waals surface area contributed by atoms with Crippen LogP contribution < -0.4 is 5.32 Å². The summed E-state index contributed by atoms with van der Waals surface area (Å²) in [6, 6.07) is 11.8. The fourth-order valence-corrected chi connectivity index (χ4v) is 3.27. The Morgan fingerprint density at radius 1 is 1.18 bits per heavy atom. The van der Waals surface area contributed by atoms with Crippen molar-refractivity contribution in [2.75, 3.05) is 26.4 Å².